The van der Waals surface area contributed by atoms with E-state index in [2.05, 4.69) is 15.4 Å². The van der Waals surface area contributed by atoms with Gasteiger partial charge in [0, 0.05) is 24.2 Å². The lowest BCUT2D eigenvalue weighted by molar-refractivity contribution is 0.285. The van der Waals surface area contributed by atoms with E-state index in [4.69, 9.17) is 4.74 Å². The van der Waals surface area contributed by atoms with E-state index in [1.807, 2.05) is 13.8 Å². The van der Waals surface area contributed by atoms with E-state index in [0.717, 1.165) is 12.4 Å². The second-order valence-electron chi connectivity index (χ2n) is 4.47. The van der Waals surface area contributed by atoms with Crippen molar-refractivity contribution in [3.63, 3.8) is 0 Å². The van der Waals surface area contributed by atoms with E-state index < -0.39 is 0 Å². The van der Waals surface area contributed by atoms with Gasteiger partial charge in [0.25, 0.3) is 0 Å². The van der Waals surface area contributed by atoms with E-state index in [1.165, 1.54) is 12.4 Å². The Morgan fingerprint density at radius 3 is 2.90 bits per heavy atom. The number of nitrogens with zero attached hydrogens (tertiary/aromatic N) is 3. The molecule has 1 atom stereocenters. The molecule has 1 aromatic heterocycles. The second kappa shape index (κ2) is 6.47. The van der Waals surface area contributed by atoms with Gasteiger partial charge >= 0.3 is 0 Å². The minimum Gasteiger partial charge on any atom is -0.486 e. The third-order valence-electron chi connectivity index (χ3n) is 3.23. The summed E-state index contributed by atoms with van der Waals surface area (Å²) in [5.41, 5.74) is 0.622. The molecule has 0 amide bonds. The first-order chi connectivity index (χ1) is 9.65. The predicted octanol–water partition coefficient (Wildman–Crippen LogP) is 2.30. The van der Waals surface area contributed by atoms with Gasteiger partial charge in [-0.1, -0.05) is 6.07 Å². The van der Waals surface area contributed by atoms with Crippen molar-refractivity contribution < 1.29 is 9.13 Å². The fourth-order valence-electron chi connectivity index (χ4n) is 1.92. The highest BCUT2D eigenvalue weighted by molar-refractivity contribution is 5.30. The Labute approximate surface area is 117 Å². The number of rotatable bonds is 6. The first-order valence-corrected chi connectivity index (χ1v) is 6.62. The Hall–Kier alpha value is -1.95. The van der Waals surface area contributed by atoms with Crippen LogP contribution in [0.5, 0.6) is 5.75 Å². The average Bonchev–Trinajstić information content (AvgIpc) is 2.92. The topological polar surface area (TPSA) is 52.0 Å². The Morgan fingerprint density at radius 1 is 1.45 bits per heavy atom. The van der Waals surface area contributed by atoms with Crippen molar-refractivity contribution in [2.45, 2.75) is 33.0 Å². The normalized spacial score (nSPS) is 12.4. The summed E-state index contributed by atoms with van der Waals surface area (Å²) in [4.78, 5) is 4.11. The fraction of sp³-hybridized carbons (Fsp3) is 0.429. The van der Waals surface area contributed by atoms with Crippen LogP contribution in [-0.4, -0.2) is 21.8 Å². The van der Waals surface area contributed by atoms with E-state index in [-0.39, 0.29) is 18.5 Å². The quantitative estimate of drug-likeness (QED) is 0.881. The number of ether oxygens (including phenoxy) is 1. The zero-order chi connectivity index (χ0) is 14.5. The molecule has 0 bridgehead atoms. The van der Waals surface area contributed by atoms with E-state index in [0.29, 0.717) is 11.3 Å². The van der Waals surface area contributed by atoms with Gasteiger partial charge in [-0.15, -0.1) is 0 Å². The van der Waals surface area contributed by atoms with Gasteiger partial charge in [-0.3, -0.25) is 0 Å². The first-order valence-electron chi connectivity index (χ1n) is 6.62. The lowest BCUT2D eigenvalue weighted by Crippen LogP contribution is -2.14. The zero-order valence-electron chi connectivity index (χ0n) is 11.9. The Bertz CT molecular complexity index is 570. The molecule has 0 radical (unpaired) electrons. The monoisotopic (exact) mass is 278 g/mol. The van der Waals surface area contributed by atoms with E-state index >= 15 is 0 Å². The van der Waals surface area contributed by atoms with E-state index in [1.54, 1.807) is 23.9 Å². The largest absolute Gasteiger partial charge is 0.486 e. The van der Waals surface area contributed by atoms with Gasteiger partial charge in [-0.2, -0.15) is 5.10 Å². The maximum absolute atomic E-state index is 13.9. The summed E-state index contributed by atoms with van der Waals surface area (Å²) in [6.07, 6.45) is 1.49. The van der Waals surface area contributed by atoms with Gasteiger partial charge < -0.3 is 10.1 Å². The van der Waals surface area contributed by atoms with Gasteiger partial charge in [0.2, 0.25) is 0 Å². The molecule has 108 valence electrons. The first kappa shape index (κ1) is 14.5. The smallest absolute Gasteiger partial charge is 0.164 e. The average molecular weight is 278 g/mol. The van der Waals surface area contributed by atoms with Crippen molar-refractivity contribution >= 4 is 0 Å². The molecule has 0 saturated heterocycles. The maximum Gasteiger partial charge on any atom is 0.164 e. The summed E-state index contributed by atoms with van der Waals surface area (Å²) >= 11 is 0. The Morgan fingerprint density at radius 2 is 2.25 bits per heavy atom. The number of nitrogens with one attached hydrogen (secondary N) is 1. The molecule has 1 N–H and O–H groups in total. The highest BCUT2D eigenvalue weighted by Gasteiger charge is 2.10. The molecule has 2 aromatic rings. The number of aromatic nitrogens is 3. The number of aryl methyl sites for hydroxylation is 1. The summed E-state index contributed by atoms with van der Waals surface area (Å²) in [5, 5.41) is 7.06. The number of hydrogen-bond donors (Lipinski definition) is 1. The van der Waals surface area contributed by atoms with Crippen molar-refractivity contribution in [3.8, 4) is 5.75 Å². The number of hydrogen-bond acceptors (Lipinski definition) is 4. The standard InChI is InChI=1S/C14H19FN4O/c1-4-19-14(17-9-18-19)8-20-11-5-6-12(10(2)16-3)13(15)7-11/h5-7,9-10,16H,4,8H2,1-3H3. The van der Waals surface area contributed by atoms with Crippen molar-refractivity contribution in [2.75, 3.05) is 7.05 Å². The van der Waals surface area contributed by atoms with Crippen LogP contribution in [0.15, 0.2) is 24.5 Å². The summed E-state index contributed by atoms with van der Waals surface area (Å²) in [7, 11) is 1.80. The van der Waals surface area contributed by atoms with E-state index in [9.17, 15) is 4.39 Å². The van der Waals surface area contributed by atoms with Crippen LogP contribution in [0, 0.1) is 5.82 Å². The summed E-state index contributed by atoms with van der Waals surface area (Å²) in [5.74, 6) is 0.932. The molecule has 1 unspecified atom stereocenters. The lowest BCUT2D eigenvalue weighted by Gasteiger charge is -2.13. The zero-order valence-corrected chi connectivity index (χ0v) is 11.9. The molecule has 0 aliphatic carbocycles. The van der Waals surface area contributed by atoms with Gasteiger partial charge in [0.1, 0.15) is 24.5 Å². The lowest BCUT2D eigenvalue weighted by atomic mass is 10.1. The highest BCUT2D eigenvalue weighted by atomic mass is 19.1. The van der Waals surface area contributed by atoms with Crippen molar-refractivity contribution in [1.82, 2.24) is 20.1 Å². The molecule has 0 fully saturated rings. The summed E-state index contributed by atoms with van der Waals surface area (Å²) in [6, 6.07) is 4.86. The molecule has 1 heterocycles. The molecule has 2 rings (SSSR count). The van der Waals surface area contributed by atoms with Gasteiger partial charge in [-0.05, 0) is 27.0 Å². The molecule has 1 aromatic carbocycles. The third kappa shape index (κ3) is 3.14. The van der Waals surface area contributed by atoms with Crippen molar-refractivity contribution in [2.24, 2.45) is 0 Å². The molecular formula is C14H19FN4O. The molecule has 6 heteroatoms. The van der Waals surface area contributed by atoms with Crippen LogP contribution in [0.2, 0.25) is 0 Å². The van der Waals surface area contributed by atoms with Crippen LogP contribution in [0.4, 0.5) is 4.39 Å². The minimum absolute atomic E-state index is 0.0350. The molecular weight excluding hydrogens is 259 g/mol. The number of benzene rings is 1. The molecule has 0 aliphatic rings. The van der Waals surface area contributed by atoms with Crippen LogP contribution in [0.1, 0.15) is 31.3 Å². The Balaban J connectivity index is 2.05. The summed E-state index contributed by atoms with van der Waals surface area (Å²) < 4.78 is 21.2. The van der Waals surface area contributed by atoms with Crippen LogP contribution in [0.25, 0.3) is 0 Å². The summed E-state index contributed by atoms with van der Waals surface area (Å²) in [6.45, 7) is 4.88. The molecule has 20 heavy (non-hydrogen) atoms. The van der Waals surface area contributed by atoms with Crippen molar-refractivity contribution in [1.29, 1.82) is 0 Å². The predicted molar refractivity (Wildman–Crippen MR) is 73.9 cm³/mol. The fourth-order valence-corrected chi connectivity index (χ4v) is 1.92. The van der Waals surface area contributed by atoms with Crippen LogP contribution >= 0.6 is 0 Å². The highest BCUT2D eigenvalue weighted by Crippen LogP contribution is 2.22. The minimum atomic E-state index is -0.277. The van der Waals surface area contributed by atoms with Gasteiger partial charge in [0.05, 0.1) is 0 Å². The van der Waals surface area contributed by atoms with Gasteiger partial charge in [-0.25, -0.2) is 14.1 Å². The SMILES string of the molecule is CCn1ncnc1COc1ccc(C(C)NC)c(F)c1. The van der Waals surface area contributed by atoms with Crippen LogP contribution < -0.4 is 10.1 Å². The number of halogens is 1. The van der Waals surface area contributed by atoms with Crippen LogP contribution in [0.3, 0.4) is 0 Å². The molecule has 0 aliphatic heterocycles. The van der Waals surface area contributed by atoms with Crippen LogP contribution in [-0.2, 0) is 13.2 Å². The Kier molecular flexibility index (Phi) is 4.68. The van der Waals surface area contributed by atoms with Gasteiger partial charge in [0.15, 0.2) is 5.82 Å². The molecule has 0 spiro atoms. The molecule has 5 nitrogen and oxygen atoms in total. The van der Waals surface area contributed by atoms with Crippen molar-refractivity contribution in [3.05, 3.63) is 41.7 Å². The third-order valence-corrected chi connectivity index (χ3v) is 3.23. The molecule has 0 saturated carbocycles. The maximum atomic E-state index is 13.9. The second-order valence-corrected chi connectivity index (χ2v) is 4.47.